The molecule has 0 fully saturated rings. The standard InChI is InChI=1S/C17H21F2N3O2/c1-5-22-12(4)15(11(3)21-22)10(2)20-16(23)13-8-6-7-9-14(13)24-17(18)19/h6-10,17H,5H2,1-4H3,(H,20,23). The van der Waals surface area contributed by atoms with Crippen LogP contribution >= 0.6 is 0 Å². The average molecular weight is 337 g/mol. The highest BCUT2D eigenvalue weighted by Gasteiger charge is 2.21. The van der Waals surface area contributed by atoms with Crippen LogP contribution in [0.1, 0.15) is 47.2 Å². The summed E-state index contributed by atoms with van der Waals surface area (Å²) in [5.41, 5.74) is 2.81. The van der Waals surface area contributed by atoms with Gasteiger partial charge < -0.3 is 10.1 Å². The lowest BCUT2D eigenvalue weighted by Crippen LogP contribution is -2.28. The van der Waals surface area contributed by atoms with Crippen molar-refractivity contribution in [3.8, 4) is 5.75 Å². The predicted molar refractivity (Wildman–Crippen MR) is 86.3 cm³/mol. The van der Waals surface area contributed by atoms with Gasteiger partial charge in [0.1, 0.15) is 5.75 Å². The molecule has 130 valence electrons. The number of rotatable bonds is 6. The fraction of sp³-hybridized carbons (Fsp3) is 0.412. The fourth-order valence-electron chi connectivity index (χ4n) is 2.84. The van der Waals surface area contributed by atoms with Gasteiger partial charge in [0.15, 0.2) is 0 Å². The third kappa shape index (κ3) is 3.72. The van der Waals surface area contributed by atoms with Gasteiger partial charge >= 0.3 is 6.61 Å². The van der Waals surface area contributed by atoms with Crippen LogP contribution in [0.4, 0.5) is 8.78 Å². The Labute approximate surface area is 139 Å². The largest absolute Gasteiger partial charge is 0.434 e. The summed E-state index contributed by atoms with van der Waals surface area (Å²) in [6, 6.07) is 5.63. The Balaban J connectivity index is 2.23. The molecule has 0 spiro atoms. The van der Waals surface area contributed by atoms with E-state index in [0.717, 1.165) is 23.5 Å². The van der Waals surface area contributed by atoms with Crippen LogP contribution in [0.15, 0.2) is 24.3 Å². The number of nitrogens with one attached hydrogen (secondary N) is 1. The number of carbonyl (C=O) groups excluding carboxylic acids is 1. The smallest absolute Gasteiger partial charge is 0.387 e. The van der Waals surface area contributed by atoms with Gasteiger partial charge in [-0.05, 0) is 39.8 Å². The van der Waals surface area contributed by atoms with Gasteiger partial charge in [0.05, 0.1) is 17.3 Å². The van der Waals surface area contributed by atoms with E-state index < -0.39 is 12.5 Å². The number of hydrogen-bond acceptors (Lipinski definition) is 3. The van der Waals surface area contributed by atoms with Crippen LogP contribution in [0, 0.1) is 13.8 Å². The minimum Gasteiger partial charge on any atom is -0.434 e. The molecule has 2 rings (SSSR count). The first-order valence-electron chi connectivity index (χ1n) is 7.73. The molecule has 0 saturated carbocycles. The Bertz CT molecular complexity index is 729. The number of benzene rings is 1. The Morgan fingerprint density at radius 3 is 2.58 bits per heavy atom. The van der Waals surface area contributed by atoms with Crippen LogP contribution in [0.2, 0.25) is 0 Å². The van der Waals surface area contributed by atoms with Gasteiger partial charge in [0, 0.05) is 17.8 Å². The minimum atomic E-state index is -2.98. The third-order valence-electron chi connectivity index (χ3n) is 3.87. The van der Waals surface area contributed by atoms with Crippen LogP contribution in [0.3, 0.4) is 0 Å². The molecule has 1 atom stereocenters. The second-order valence-corrected chi connectivity index (χ2v) is 5.47. The predicted octanol–water partition coefficient (Wildman–Crippen LogP) is 3.61. The summed E-state index contributed by atoms with van der Waals surface area (Å²) in [5.74, 6) is -0.614. The van der Waals surface area contributed by atoms with E-state index in [0.29, 0.717) is 0 Å². The van der Waals surface area contributed by atoms with E-state index in [1.54, 1.807) is 6.07 Å². The first-order valence-corrected chi connectivity index (χ1v) is 7.73. The first-order chi connectivity index (χ1) is 11.3. The Morgan fingerprint density at radius 2 is 2.00 bits per heavy atom. The average Bonchev–Trinajstić information content (AvgIpc) is 2.81. The molecule has 1 heterocycles. The number of nitrogens with zero attached hydrogens (tertiary/aromatic N) is 2. The fourth-order valence-corrected chi connectivity index (χ4v) is 2.84. The van der Waals surface area contributed by atoms with E-state index in [4.69, 9.17) is 0 Å². The molecular formula is C17H21F2N3O2. The lowest BCUT2D eigenvalue weighted by molar-refractivity contribution is -0.0501. The number of alkyl halides is 2. The Kier molecular flexibility index (Phi) is 5.54. The molecule has 0 radical (unpaired) electrons. The summed E-state index contributed by atoms with van der Waals surface area (Å²) in [7, 11) is 0. The molecule has 7 heteroatoms. The zero-order chi connectivity index (χ0) is 17.9. The van der Waals surface area contributed by atoms with Gasteiger partial charge in [0.25, 0.3) is 5.91 Å². The van der Waals surface area contributed by atoms with Gasteiger partial charge in [-0.15, -0.1) is 0 Å². The Morgan fingerprint density at radius 1 is 1.33 bits per heavy atom. The molecule has 0 saturated heterocycles. The molecule has 0 bridgehead atoms. The molecule has 0 aliphatic heterocycles. The molecular weight excluding hydrogens is 316 g/mol. The molecule has 0 aliphatic carbocycles. The summed E-state index contributed by atoms with van der Waals surface area (Å²) in [4.78, 5) is 12.5. The number of amides is 1. The number of para-hydroxylation sites is 1. The van der Waals surface area contributed by atoms with Crippen molar-refractivity contribution >= 4 is 5.91 Å². The van der Waals surface area contributed by atoms with E-state index in [9.17, 15) is 13.6 Å². The number of ether oxygens (including phenoxy) is 1. The van der Waals surface area contributed by atoms with Gasteiger partial charge in [-0.2, -0.15) is 13.9 Å². The van der Waals surface area contributed by atoms with E-state index in [1.807, 2.05) is 32.4 Å². The van der Waals surface area contributed by atoms with Crippen molar-refractivity contribution in [2.24, 2.45) is 0 Å². The summed E-state index contributed by atoms with van der Waals surface area (Å²) in [6.45, 7) is 5.40. The molecule has 24 heavy (non-hydrogen) atoms. The summed E-state index contributed by atoms with van der Waals surface area (Å²) in [5, 5.41) is 7.26. The van der Waals surface area contributed by atoms with Crippen molar-refractivity contribution in [1.29, 1.82) is 0 Å². The van der Waals surface area contributed by atoms with Crippen molar-refractivity contribution < 1.29 is 18.3 Å². The first kappa shape index (κ1) is 17.9. The maximum Gasteiger partial charge on any atom is 0.387 e. The molecule has 1 N–H and O–H groups in total. The monoisotopic (exact) mass is 337 g/mol. The van der Waals surface area contributed by atoms with Crippen molar-refractivity contribution in [2.75, 3.05) is 0 Å². The summed E-state index contributed by atoms with van der Waals surface area (Å²) < 4.78 is 31.2. The number of halogens is 2. The molecule has 1 aromatic heterocycles. The van der Waals surface area contributed by atoms with E-state index in [2.05, 4.69) is 15.2 Å². The number of aryl methyl sites for hydroxylation is 2. The van der Waals surface area contributed by atoms with Gasteiger partial charge in [-0.25, -0.2) is 0 Å². The number of aromatic nitrogens is 2. The van der Waals surface area contributed by atoms with Crippen LogP contribution in [-0.4, -0.2) is 22.3 Å². The SMILES string of the molecule is CCn1nc(C)c(C(C)NC(=O)c2ccccc2OC(F)F)c1C. The van der Waals surface area contributed by atoms with Crippen LogP contribution in [-0.2, 0) is 6.54 Å². The normalized spacial score (nSPS) is 12.3. The van der Waals surface area contributed by atoms with Gasteiger partial charge in [-0.1, -0.05) is 12.1 Å². The second kappa shape index (κ2) is 7.42. The van der Waals surface area contributed by atoms with Crippen LogP contribution < -0.4 is 10.1 Å². The highest BCUT2D eigenvalue weighted by molar-refractivity contribution is 5.97. The third-order valence-corrected chi connectivity index (χ3v) is 3.87. The maximum absolute atomic E-state index is 12.5. The van der Waals surface area contributed by atoms with E-state index in [1.165, 1.54) is 18.2 Å². The zero-order valence-corrected chi connectivity index (χ0v) is 14.1. The maximum atomic E-state index is 12.5. The van der Waals surface area contributed by atoms with Crippen LogP contribution in [0.25, 0.3) is 0 Å². The van der Waals surface area contributed by atoms with Gasteiger partial charge in [-0.3, -0.25) is 9.48 Å². The zero-order valence-electron chi connectivity index (χ0n) is 14.1. The summed E-state index contributed by atoms with van der Waals surface area (Å²) in [6.07, 6.45) is 0. The quantitative estimate of drug-likeness (QED) is 0.876. The van der Waals surface area contributed by atoms with Crippen molar-refractivity contribution in [1.82, 2.24) is 15.1 Å². The molecule has 1 amide bonds. The second-order valence-electron chi connectivity index (χ2n) is 5.47. The van der Waals surface area contributed by atoms with Crippen molar-refractivity contribution in [3.63, 3.8) is 0 Å². The molecule has 2 aromatic rings. The molecule has 1 unspecified atom stereocenters. The van der Waals surface area contributed by atoms with Gasteiger partial charge in [0.2, 0.25) is 0 Å². The van der Waals surface area contributed by atoms with Crippen LogP contribution in [0.5, 0.6) is 5.75 Å². The van der Waals surface area contributed by atoms with Crippen molar-refractivity contribution in [3.05, 3.63) is 46.8 Å². The topological polar surface area (TPSA) is 56.2 Å². The lowest BCUT2D eigenvalue weighted by atomic mass is 10.1. The number of hydrogen-bond donors (Lipinski definition) is 1. The highest BCUT2D eigenvalue weighted by atomic mass is 19.3. The number of carbonyl (C=O) groups is 1. The molecule has 1 aromatic carbocycles. The van der Waals surface area contributed by atoms with E-state index in [-0.39, 0.29) is 17.4 Å². The minimum absolute atomic E-state index is 0.0721. The summed E-state index contributed by atoms with van der Waals surface area (Å²) >= 11 is 0. The highest BCUT2D eigenvalue weighted by Crippen LogP contribution is 2.24. The van der Waals surface area contributed by atoms with E-state index >= 15 is 0 Å². The lowest BCUT2D eigenvalue weighted by Gasteiger charge is -2.16. The molecule has 0 aliphatic rings. The molecule has 5 nitrogen and oxygen atoms in total. The van der Waals surface area contributed by atoms with Crippen molar-refractivity contribution in [2.45, 2.75) is 46.9 Å². The Hall–Kier alpha value is -2.44.